The van der Waals surface area contributed by atoms with Gasteiger partial charge in [-0.3, -0.25) is 0 Å². The molecule has 1 rings (SSSR count). The monoisotopic (exact) mass is 197 g/mol. The zero-order valence-electron chi connectivity index (χ0n) is 8.92. The molecule has 1 nitrogen and oxygen atoms in total. The summed E-state index contributed by atoms with van der Waals surface area (Å²) < 4.78 is 0. The Morgan fingerprint density at radius 1 is 1.31 bits per heavy atom. The molecule has 1 heterocycles. The largest absolute Gasteiger partial charge is 0.398 e. The van der Waals surface area contributed by atoms with E-state index in [2.05, 4.69) is 33.1 Å². The Morgan fingerprint density at radius 2 is 1.92 bits per heavy atom. The Balaban J connectivity index is 2.94. The van der Waals surface area contributed by atoms with E-state index in [0.29, 0.717) is 11.8 Å². The minimum atomic E-state index is 0.607. The highest BCUT2D eigenvalue weighted by Gasteiger charge is 2.13. The third-order valence-electron chi connectivity index (χ3n) is 2.10. The maximum atomic E-state index is 5.94. The van der Waals surface area contributed by atoms with Gasteiger partial charge in [-0.25, -0.2) is 0 Å². The number of rotatable bonds is 3. The van der Waals surface area contributed by atoms with E-state index in [4.69, 9.17) is 5.73 Å². The molecule has 1 aromatic heterocycles. The predicted molar refractivity (Wildman–Crippen MR) is 61.4 cm³/mol. The summed E-state index contributed by atoms with van der Waals surface area (Å²) in [5, 5.41) is 2.08. The number of anilines is 1. The fraction of sp³-hybridized carbons (Fsp3) is 0.636. The first kappa shape index (κ1) is 10.6. The highest BCUT2D eigenvalue weighted by atomic mass is 32.1. The lowest BCUT2D eigenvalue weighted by atomic mass is 9.98. The third kappa shape index (κ3) is 2.47. The fourth-order valence-electron chi connectivity index (χ4n) is 1.52. The van der Waals surface area contributed by atoms with E-state index in [-0.39, 0.29) is 0 Å². The van der Waals surface area contributed by atoms with Gasteiger partial charge in [0.2, 0.25) is 0 Å². The topological polar surface area (TPSA) is 26.0 Å². The second-order valence-electron chi connectivity index (χ2n) is 4.29. The van der Waals surface area contributed by atoms with Crippen molar-refractivity contribution in [1.29, 1.82) is 0 Å². The predicted octanol–water partition coefficient (Wildman–Crippen LogP) is 3.65. The van der Waals surface area contributed by atoms with E-state index >= 15 is 0 Å². The van der Waals surface area contributed by atoms with Crippen molar-refractivity contribution in [3.05, 3.63) is 15.8 Å². The van der Waals surface area contributed by atoms with Crippen molar-refractivity contribution in [1.82, 2.24) is 0 Å². The molecular weight excluding hydrogens is 178 g/mol. The van der Waals surface area contributed by atoms with Gasteiger partial charge in [0.05, 0.1) is 0 Å². The highest BCUT2D eigenvalue weighted by Crippen LogP contribution is 2.32. The number of nitrogens with two attached hydrogens (primary N) is 1. The number of hydrogen-bond acceptors (Lipinski definition) is 2. The van der Waals surface area contributed by atoms with Crippen LogP contribution in [0.3, 0.4) is 0 Å². The summed E-state index contributed by atoms with van der Waals surface area (Å²) >= 11 is 1.80. The quantitative estimate of drug-likeness (QED) is 0.786. The van der Waals surface area contributed by atoms with Crippen molar-refractivity contribution < 1.29 is 0 Å². The van der Waals surface area contributed by atoms with Crippen LogP contribution in [0.15, 0.2) is 5.38 Å². The van der Waals surface area contributed by atoms with Gasteiger partial charge >= 0.3 is 0 Å². The Labute approximate surface area is 85.0 Å². The van der Waals surface area contributed by atoms with Crippen molar-refractivity contribution in [2.24, 2.45) is 5.92 Å². The lowest BCUT2D eigenvalue weighted by Gasteiger charge is -2.10. The molecule has 1 aromatic rings. The summed E-state index contributed by atoms with van der Waals surface area (Å²) in [6.07, 6.45) is 1.11. The molecule has 0 fully saturated rings. The second kappa shape index (κ2) is 4.14. The molecule has 0 aliphatic carbocycles. The molecule has 0 saturated heterocycles. The van der Waals surface area contributed by atoms with E-state index in [1.54, 1.807) is 11.3 Å². The van der Waals surface area contributed by atoms with Crippen LogP contribution in [0, 0.1) is 5.92 Å². The third-order valence-corrected chi connectivity index (χ3v) is 3.44. The molecule has 0 aromatic carbocycles. The Kier molecular flexibility index (Phi) is 3.37. The molecule has 2 heteroatoms. The smallest absolute Gasteiger partial charge is 0.0458 e. The summed E-state index contributed by atoms with van der Waals surface area (Å²) in [6.45, 7) is 8.94. The molecule has 0 radical (unpaired) electrons. The van der Waals surface area contributed by atoms with Crippen molar-refractivity contribution in [2.75, 3.05) is 5.73 Å². The normalized spacial score (nSPS) is 11.5. The zero-order valence-corrected chi connectivity index (χ0v) is 9.74. The Bertz CT molecular complexity index is 274. The zero-order chi connectivity index (χ0) is 10.0. The van der Waals surface area contributed by atoms with Gasteiger partial charge in [0.15, 0.2) is 0 Å². The summed E-state index contributed by atoms with van der Waals surface area (Å²) in [6, 6.07) is 0. The molecule has 0 aliphatic rings. The lowest BCUT2D eigenvalue weighted by Crippen LogP contribution is -2.00. The van der Waals surface area contributed by atoms with E-state index in [1.807, 2.05) is 0 Å². The van der Waals surface area contributed by atoms with Gasteiger partial charge < -0.3 is 5.73 Å². The highest BCUT2D eigenvalue weighted by molar-refractivity contribution is 7.10. The van der Waals surface area contributed by atoms with Crippen LogP contribution in [0.4, 0.5) is 5.69 Å². The first-order valence-corrected chi connectivity index (χ1v) is 5.76. The van der Waals surface area contributed by atoms with Crippen LogP contribution in [-0.4, -0.2) is 0 Å². The average Bonchev–Trinajstić information content (AvgIpc) is 2.32. The maximum Gasteiger partial charge on any atom is 0.0458 e. The van der Waals surface area contributed by atoms with E-state index in [0.717, 1.165) is 12.1 Å². The molecule has 2 N–H and O–H groups in total. The second-order valence-corrected chi connectivity index (χ2v) is 5.20. The minimum Gasteiger partial charge on any atom is -0.398 e. The molecule has 0 unspecified atom stereocenters. The molecule has 74 valence electrons. The van der Waals surface area contributed by atoms with Crippen molar-refractivity contribution in [2.45, 2.75) is 40.0 Å². The van der Waals surface area contributed by atoms with Crippen LogP contribution in [0.2, 0.25) is 0 Å². The van der Waals surface area contributed by atoms with Crippen molar-refractivity contribution in [3.8, 4) is 0 Å². The SMILES string of the molecule is CC(C)Cc1c(N)csc1C(C)C. The minimum absolute atomic E-state index is 0.607. The number of nitrogen functional groups attached to an aromatic ring is 1. The van der Waals surface area contributed by atoms with Crippen LogP contribution in [0.25, 0.3) is 0 Å². The van der Waals surface area contributed by atoms with Gasteiger partial charge in [0.1, 0.15) is 0 Å². The summed E-state index contributed by atoms with van der Waals surface area (Å²) in [7, 11) is 0. The van der Waals surface area contributed by atoms with E-state index in [9.17, 15) is 0 Å². The fourth-order valence-corrected chi connectivity index (χ4v) is 2.53. The molecular formula is C11H19NS. The van der Waals surface area contributed by atoms with E-state index < -0.39 is 0 Å². The maximum absolute atomic E-state index is 5.94. The first-order valence-electron chi connectivity index (χ1n) is 4.88. The van der Waals surface area contributed by atoms with Gasteiger partial charge in [-0.05, 0) is 23.8 Å². The van der Waals surface area contributed by atoms with Crippen LogP contribution in [0.1, 0.15) is 44.1 Å². The summed E-state index contributed by atoms with van der Waals surface area (Å²) in [4.78, 5) is 1.46. The van der Waals surface area contributed by atoms with E-state index in [1.165, 1.54) is 10.4 Å². The summed E-state index contributed by atoms with van der Waals surface area (Å²) in [5.74, 6) is 1.30. The van der Waals surface area contributed by atoms with Crippen LogP contribution in [0.5, 0.6) is 0 Å². The number of hydrogen-bond donors (Lipinski definition) is 1. The molecule has 0 saturated carbocycles. The summed E-state index contributed by atoms with van der Waals surface area (Å²) in [5.41, 5.74) is 8.31. The Morgan fingerprint density at radius 3 is 2.38 bits per heavy atom. The standard InChI is InChI=1S/C11H19NS/c1-7(2)5-9-10(12)6-13-11(9)8(3)4/h6-8H,5,12H2,1-4H3. The van der Waals surface area contributed by atoms with Crippen LogP contribution >= 0.6 is 11.3 Å². The average molecular weight is 197 g/mol. The molecule has 0 amide bonds. The molecule has 0 atom stereocenters. The molecule has 0 bridgehead atoms. The van der Waals surface area contributed by atoms with Crippen molar-refractivity contribution >= 4 is 17.0 Å². The molecule has 13 heavy (non-hydrogen) atoms. The lowest BCUT2D eigenvalue weighted by molar-refractivity contribution is 0.643. The van der Waals surface area contributed by atoms with Gasteiger partial charge in [0.25, 0.3) is 0 Å². The molecule has 0 aliphatic heterocycles. The number of thiophene rings is 1. The van der Waals surface area contributed by atoms with Crippen LogP contribution < -0.4 is 5.73 Å². The van der Waals surface area contributed by atoms with Crippen LogP contribution in [-0.2, 0) is 6.42 Å². The van der Waals surface area contributed by atoms with Gasteiger partial charge in [-0.15, -0.1) is 11.3 Å². The van der Waals surface area contributed by atoms with Gasteiger partial charge in [0, 0.05) is 15.9 Å². The van der Waals surface area contributed by atoms with Gasteiger partial charge in [-0.2, -0.15) is 0 Å². The van der Waals surface area contributed by atoms with Gasteiger partial charge in [-0.1, -0.05) is 27.7 Å². The Hall–Kier alpha value is -0.500. The van der Waals surface area contributed by atoms with Crippen molar-refractivity contribution in [3.63, 3.8) is 0 Å². The molecule has 0 spiro atoms. The first-order chi connectivity index (χ1) is 6.02.